The number of carbonyl (C=O) groups is 2. The second kappa shape index (κ2) is 7.36. The third-order valence-corrected chi connectivity index (χ3v) is 7.20. The molecule has 0 saturated carbocycles. The third-order valence-electron chi connectivity index (χ3n) is 4.84. The summed E-state index contributed by atoms with van der Waals surface area (Å²) < 4.78 is 38.1. The molecule has 9 nitrogen and oxygen atoms in total. The molecule has 2 aliphatic rings. The Hall–Kier alpha value is -2.56. The minimum Gasteiger partial charge on any atom is -0.479 e. The molecule has 1 fully saturated rings. The summed E-state index contributed by atoms with van der Waals surface area (Å²) >= 11 is 6.21. The number of rotatable bonds is 3. The summed E-state index contributed by atoms with van der Waals surface area (Å²) in [6, 6.07) is 5.88. The van der Waals surface area contributed by atoms with Crippen LogP contribution in [0.1, 0.15) is 17.5 Å². The summed E-state index contributed by atoms with van der Waals surface area (Å²) in [5.41, 5.74) is 0.325. The minimum absolute atomic E-state index is 0.0173. The lowest BCUT2D eigenvalue weighted by Gasteiger charge is -2.34. The van der Waals surface area contributed by atoms with Gasteiger partial charge in [-0.05, 0) is 25.1 Å². The fraction of sp³-hybridized carbons (Fsp3) is 0.333. The fourth-order valence-corrected chi connectivity index (χ4v) is 5.17. The van der Waals surface area contributed by atoms with Gasteiger partial charge in [0.1, 0.15) is 10.6 Å². The first-order valence-corrected chi connectivity index (χ1v) is 10.7. The standard InChI is InChI=1S/C18H18ClN3O6S/c1-11-17(23)20-13-9-12(19)16(10-15(13)28-11)29(25,26)22-6-4-21(5-7-22)18(24)14-3-2-8-27-14/h2-3,8-11H,4-7H2,1H3,(H,20,23)/t11-/m0/s1. The highest BCUT2D eigenvalue weighted by Gasteiger charge is 2.34. The molecule has 1 N–H and O–H groups in total. The Morgan fingerprint density at radius 2 is 1.97 bits per heavy atom. The number of halogens is 1. The monoisotopic (exact) mass is 439 g/mol. The van der Waals surface area contributed by atoms with Crippen LogP contribution < -0.4 is 10.1 Å². The van der Waals surface area contributed by atoms with E-state index < -0.39 is 16.1 Å². The Bertz CT molecular complexity index is 1060. The summed E-state index contributed by atoms with van der Waals surface area (Å²) in [4.78, 5) is 25.5. The van der Waals surface area contributed by atoms with Crippen molar-refractivity contribution in [3.8, 4) is 5.75 Å². The molecule has 4 rings (SSSR count). The SMILES string of the molecule is C[C@@H]1Oc2cc(S(=O)(=O)N3CCN(C(=O)c4ccco4)CC3)c(Cl)cc2NC1=O. The van der Waals surface area contributed by atoms with Crippen LogP contribution in [-0.2, 0) is 14.8 Å². The van der Waals surface area contributed by atoms with Crippen molar-refractivity contribution in [2.24, 2.45) is 0 Å². The number of sulfonamides is 1. The zero-order valence-electron chi connectivity index (χ0n) is 15.4. The van der Waals surface area contributed by atoms with E-state index in [9.17, 15) is 18.0 Å². The van der Waals surface area contributed by atoms with Crippen LogP contribution in [0.25, 0.3) is 0 Å². The number of benzene rings is 1. The lowest BCUT2D eigenvalue weighted by molar-refractivity contribution is -0.122. The van der Waals surface area contributed by atoms with Gasteiger partial charge in [0.15, 0.2) is 11.9 Å². The topological polar surface area (TPSA) is 109 Å². The molecule has 1 aromatic heterocycles. The lowest BCUT2D eigenvalue weighted by atomic mass is 10.2. The van der Waals surface area contributed by atoms with Crippen LogP contribution in [-0.4, -0.2) is 61.7 Å². The van der Waals surface area contributed by atoms with Gasteiger partial charge < -0.3 is 19.4 Å². The maximum absolute atomic E-state index is 13.1. The van der Waals surface area contributed by atoms with Crippen molar-refractivity contribution in [3.05, 3.63) is 41.3 Å². The molecule has 3 heterocycles. The normalized spacial score (nSPS) is 20.0. The molecule has 1 saturated heterocycles. The van der Waals surface area contributed by atoms with Gasteiger partial charge in [-0.25, -0.2) is 8.42 Å². The molecule has 0 unspecified atom stereocenters. The molecule has 0 bridgehead atoms. The molecule has 29 heavy (non-hydrogen) atoms. The Morgan fingerprint density at radius 1 is 1.24 bits per heavy atom. The molecule has 0 spiro atoms. The number of hydrogen-bond acceptors (Lipinski definition) is 6. The van der Waals surface area contributed by atoms with E-state index in [1.165, 1.54) is 22.7 Å². The van der Waals surface area contributed by atoms with E-state index in [2.05, 4.69) is 5.32 Å². The molecule has 0 radical (unpaired) electrons. The molecule has 2 amide bonds. The van der Waals surface area contributed by atoms with Gasteiger partial charge in [0, 0.05) is 32.2 Å². The number of furan rings is 1. The van der Waals surface area contributed by atoms with Gasteiger partial charge in [0.05, 0.1) is 17.0 Å². The van der Waals surface area contributed by atoms with E-state index in [1.807, 2.05) is 0 Å². The zero-order valence-corrected chi connectivity index (χ0v) is 17.0. The Kier molecular flexibility index (Phi) is 5.01. The highest BCUT2D eigenvalue weighted by atomic mass is 35.5. The highest BCUT2D eigenvalue weighted by Crippen LogP contribution is 2.38. The first-order valence-electron chi connectivity index (χ1n) is 8.91. The van der Waals surface area contributed by atoms with Crippen LogP contribution >= 0.6 is 11.6 Å². The third kappa shape index (κ3) is 3.59. The van der Waals surface area contributed by atoms with Gasteiger partial charge in [-0.2, -0.15) is 4.31 Å². The van der Waals surface area contributed by atoms with E-state index in [-0.39, 0.29) is 59.4 Å². The molecule has 2 aromatic rings. The molecular weight excluding hydrogens is 422 g/mol. The van der Waals surface area contributed by atoms with Crippen LogP contribution in [0.2, 0.25) is 5.02 Å². The van der Waals surface area contributed by atoms with Gasteiger partial charge in [0.25, 0.3) is 11.8 Å². The van der Waals surface area contributed by atoms with Crippen LogP contribution in [0.15, 0.2) is 39.8 Å². The Morgan fingerprint density at radius 3 is 2.62 bits per heavy atom. The van der Waals surface area contributed by atoms with Gasteiger partial charge in [-0.3, -0.25) is 9.59 Å². The lowest BCUT2D eigenvalue weighted by Crippen LogP contribution is -2.50. The Labute approximate surface area is 172 Å². The average molecular weight is 440 g/mol. The first kappa shape index (κ1) is 19.7. The molecular formula is C18H18ClN3O6S. The van der Waals surface area contributed by atoms with E-state index in [1.54, 1.807) is 24.0 Å². The Balaban J connectivity index is 1.53. The average Bonchev–Trinajstić information content (AvgIpc) is 3.23. The van der Waals surface area contributed by atoms with E-state index >= 15 is 0 Å². The number of anilines is 1. The van der Waals surface area contributed by atoms with E-state index in [4.69, 9.17) is 20.8 Å². The predicted octanol–water partition coefficient (Wildman–Crippen LogP) is 1.80. The predicted molar refractivity (Wildman–Crippen MR) is 104 cm³/mol. The molecule has 0 aliphatic carbocycles. The largest absolute Gasteiger partial charge is 0.479 e. The van der Waals surface area contributed by atoms with Crippen LogP contribution in [0.4, 0.5) is 5.69 Å². The zero-order chi connectivity index (χ0) is 20.8. The summed E-state index contributed by atoms with van der Waals surface area (Å²) in [6.07, 6.45) is 0.674. The second-order valence-corrected chi connectivity index (χ2v) is 9.02. The number of nitrogens with one attached hydrogen (secondary N) is 1. The highest BCUT2D eigenvalue weighted by molar-refractivity contribution is 7.89. The van der Waals surface area contributed by atoms with Crippen molar-refractivity contribution in [1.82, 2.24) is 9.21 Å². The number of carbonyl (C=O) groups excluding carboxylic acids is 2. The number of hydrogen-bond donors (Lipinski definition) is 1. The summed E-state index contributed by atoms with van der Waals surface area (Å²) in [7, 11) is -3.91. The number of fused-ring (bicyclic) bond motifs is 1. The number of piperazine rings is 1. The summed E-state index contributed by atoms with van der Waals surface area (Å²) in [6.45, 7) is 2.26. The van der Waals surface area contributed by atoms with Crippen molar-refractivity contribution in [2.45, 2.75) is 17.9 Å². The van der Waals surface area contributed by atoms with Crippen molar-refractivity contribution in [2.75, 3.05) is 31.5 Å². The van der Waals surface area contributed by atoms with Gasteiger partial charge in [-0.1, -0.05) is 11.6 Å². The molecule has 1 atom stereocenters. The van der Waals surface area contributed by atoms with Crippen LogP contribution in [0, 0.1) is 0 Å². The van der Waals surface area contributed by atoms with Crippen LogP contribution in [0.3, 0.4) is 0 Å². The maximum Gasteiger partial charge on any atom is 0.289 e. The van der Waals surface area contributed by atoms with E-state index in [0.29, 0.717) is 5.69 Å². The number of amides is 2. The quantitative estimate of drug-likeness (QED) is 0.781. The smallest absolute Gasteiger partial charge is 0.289 e. The van der Waals surface area contributed by atoms with Crippen molar-refractivity contribution in [1.29, 1.82) is 0 Å². The van der Waals surface area contributed by atoms with Crippen LogP contribution in [0.5, 0.6) is 5.75 Å². The molecule has 2 aliphatic heterocycles. The second-order valence-electron chi connectivity index (χ2n) is 6.70. The summed E-state index contributed by atoms with van der Waals surface area (Å²) in [5, 5.41) is 2.61. The number of nitrogens with zero attached hydrogens (tertiary/aromatic N) is 2. The summed E-state index contributed by atoms with van der Waals surface area (Å²) in [5.74, 6) is -0.155. The molecule has 1 aromatic carbocycles. The number of ether oxygens (including phenoxy) is 1. The van der Waals surface area contributed by atoms with Crippen molar-refractivity contribution < 1.29 is 27.2 Å². The molecule has 154 valence electrons. The molecule has 11 heteroatoms. The maximum atomic E-state index is 13.1. The van der Waals surface area contributed by atoms with E-state index in [0.717, 1.165) is 0 Å². The fourth-order valence-electron chi connectivity index (χ4n) is 3.23. The van der Waals surface area contributed by atoms with Gasteiger partial charge in [0.2, 0.25) is 10.0 Å². The van der Waals surface area contributed by atoms with Gasteiger partial charge in [-0.15, -0.1) is 0 Å². The minimum atomic E-state index is -3.91. The van der Waals surface area contributed by atoms with Crippen molar-refractivity contribution in [3.63, 3.8) is 0 Å². The van der Waals surface area contributed by atoms with Gasteiger partial charge >= 0.3 is 0 Å². The van der Waals surface area contributed by atoms with Crippen molar-refractivity contribution >= 4 is 39.1 Å². The first-order chi connectivity index (χ1) is 13.8.